The lowest BCUT2D eigenvalue weighted by molar-refractivity contribution is -0.144. The smallest absolute Gasteiger partial charge is 0.407 e. The molecule has 0 fully saturated rings. The van der Waals surface area contributed by atoms with E-state index in [1.807, 2.05) is 71.6 Å². The van der Waals surface area contributed by atoms with Crippen molar-refractivity contribution in [2.24, 2.45) is 0 Å². The molecule has 0 heterocycles. The molecule has 0 saturated carbocycles. The number of carboxylic acid groups (broad SMARTS) is 1. The quantitative estimate of drug-likeness (QED) is 0.329. The first-order valence-electron chi connectivity index (χ1n) is 12.7. The van der Waals surface area contributed by atoms with Crippen LogP contribution in [0.4, 0.5) is 4.79 Å². The van der Waals surface area contributed by atoms with Gasteiger partial charge in [-0.05, 0) is 34.9 Å². The molecular weight excluding hydrogens is 498 g/mol. The van der Waals surface area contributed by atoms with Gasteiger partial charge in [-0.3, -0.25) is 9.69 Å². The number of hydrogen-bond donors (Lipinski definition) is 3. The fraction of sp³-hybridized carbons (Fsp3) is 0.300. The number of nitrogens with one attached hydrogen (secondary N) is 2. The molecule has 2 atom stereocenters. The zero-order chi connectivity index (χ0) is 27.8. The molecule has 4 rings (SSSR count). The largest absolute Gasteiger partial charge is 0.480 e. The summed E-state index contributed by atoms with van der Waals surface area (Å²) in [7, 11) is 3.10. The van der Waals surface area contributed by atoms with E-state index in [0.29, 0.717) is 6.54 Å². The van der Waals surface area contributed by atoms with Gasteiger partial charge in [0.1, 0.15) is 12.6 Å². The van der Waals surface area contributed by atoms with Gasteiger partial charge in [0.2, 0.25) is 0 Å². The predicted molar refractivity (Wildman–Crippen MR) is 146 cm³/mol. The second-order valence-corrected chi connectivity index (χ2v) is 9.51. The Labute approximate surface area is 227 Å². The lowest BCUT2D eigenvalue weighted by Gasteiger charge is -2.24. The summed E-state index contributed by atoms with van der Waals surface area (Å²) in [6.07, 6.45) is -1.78. The number of carbonyl (C=O) groups is 3. The highest BCUT2D eigenvalue weighted by Crippen LogP contribution is 2.44. The summed E-state index contributed by atoms with van der Waals surface area (Å²) in [4.78, 5) is 38.9. The normalized spacial score (nSPS) is 13.7. The molecule has 0 saturated heterocycles. The minimum atomic E-state index is -1.16. The Balaban J connectivity index is 1.28. The van der Waals surface area contributed by atoms with E-state index >= 15 is 0 Å². The molecule has 39 heavy (non-hydrogen) atoms. The number of amides is 2. The zero-order valence-corrected chi connectivity index (χ0v) is 22.0. The maximum atomic E-state index is 12.8. The van der Waals surface area contributed by atoms with Crippen LogP contribution in [0.3, 0.4) is 0 Å². The molecule has 2 unspecified atom stereocenters. The molecule has 204 valence electrons. The highest BCUT2D eigenvalue weighted by molar-refractivity contribution is 5.87. The molecule has 9 nitrogen and oxygen atoms in total. The Kier molecular flexibility index (Phi) is 9.30. The van der Waals surface area contributed by atoms with E-state index in [9.17, 15) is 19.5 Å². The van der Waals surface area contributed by atoms with Crippen molar-refractivity contribution in [2.75, 3.05) is 33.9 Å². The Hall–Kier alpha value is -4.21. The Bertz CT molecular complexity index is 1250. The van der Waals surface area contributed by atoms with Crippen LogP contribution in [0.1, 0.15) is 22.6 Å². The summed E-state index contributed by atoms with van der Waals surface area (Å²) in [5.41, 5.74) is 5.47. The zero-order valence-electron chi connectivity index (χ0n) is 22.0. The van der Waals surface area contributed by atoms with E-state index in [1.54, 1.807) is 7.05 Å². The first-order valence-corrected chi connectivity index (χ1v) is 12.7. The third kappa shape index (κ3) is 7.01. The number of alkyl carbamates (subject to hydrolysis) is 1. The minimum absolute atomic E-state index is 0.0890. The predicted octanol–water partition coefficient (Wildman–Crippen LogP) is 3.24. The Morgan fingerprint density at radius 3 is 2.10 bits per heavy atom. The summed E-state index contributed by atoms with van der Waals surface area (Å²) < 4.78 is 10.7. The van der Waals surface area contributed by atoms with E-state index in [-0.39, 0.29) is 25.6 Å². The Morgan fingerprint density at radius 2 is 1.51 bits per heavy atom. The van der Waals surface area contributed by atoms with E-state index < -0.39 is 30.1 Å². The third-order valence-corrected chi connectivity index (χ3v) is 6.76. The first kappa shape index (κ1) is 27.8. The molecule has 9 heteroatoms. The number of methoxy groups -OCH3 is 1. The maximum Gasteiger partial charge on any atom is 0.407 e. The number of ether oxygens (including phenoxy) is 2. The van der Waals surface area contributed by atoms with E-state index in [2.05, 4.69) is 22.8 Å². The topological polar surface area (TPSA) is 117 Å². The molecule has 1 aliphatic rings. The molecule has 0 aliphatic heterocycles. The van der Waals surface area contributed by atoms with Crippen LogP contribution in [0.25, 0.3) is 11.1 Å². The van der Waals surface area contributed by atoms with Crippen LogP contribution in [0.2, 0.25) is 0 Å². The monoisotopic (exact) mass is 531 g/mol. The van der Waals surface area contributed by atoms with Gasteiger partial charge < -0.3 is 25.2 Å². The van der Waals surface area contributed by atoms with Crippen molar-refractivity contribution in [3.8, 4) is 11.1 Å². The number of benzene rings is 3. The van der Waals surface area contributed by atoms with Crippen LogP contribution in [-0.2, 0) is 25.6 Å². The van der Waals surface area contributed by atoms with Gasteiger partial charge >= 0.3 is 12.1 Å². The van der Waals surface area contributed by atoms with Gasteiger partial charge in [0.15, 0.2) is 6.10 Å². The number of hydrogen-bond acceptors (Lipinski definition) is 6. The fourth-order valence-electron chi connectivity index (χ4n) is 4.83. The summed E-state index contributed by atoms with van der Waals surface area (Å²) in [6.45, 7) is 0.577. The van der Waals surface area contributed by atoms with Crippen molar-refractivity contribution >= 4 is 18.0 Å². The average molecular weight is 532 g/mol. The van der Waals surface area contributed by atoms with Gasteiger partial charge in [-0.15, -0.1) is 0 Å². The van der Waals surface area contributed by atoms with Gasteiger partial charge in [0.25, 0.3) is 5.91 Å². The van der Waals surface area contributed by atoms with Gasteiger partial charge in [0, 0.05) is 26.1 Å². The second-order valence-electron chi connectivity index (χ2n) is 9.51. The lowest BCUT2D eigenvalue weighted by Crippen LogP contribution is -2.53. The number of carbonyl (C=O) groups excluding carboxylic acids is 2. The third-order valence-electron chi connectivity index (χ3n) is 6.76. The fourth-order valence-corrected chi connectivity index (χ4v) is 4.83. The Morgan fingerprint density at radius 1 is 0.923 bits per heavy atom. The number of fused-ring (bicyclic) bond motifs is 3. The summed E-state index contributed by atoms with van der Waals surface area (Å²) in [5.74, 6) is -1.89. The van der Waals surface area contributed by atoms with Crippen molar-refractivity contribution < 1.29 is 29.0 Å². The summed E-state index contributed by atoms with van der Waals surface area (Å²) in [6, 6.07) is 24.5. The van der Waals surface area contributed by atoms with Gasteiger partial charge in [-0.25, -0.2) is 9.59 Å². The maximum absolute atomic E-state index is 12.8. The number of carboxylic acids is 1. The standard InChI is InChI=1S/C30H33N3O6/c1-33(17-20-10-4-3-5-11-20)18-26(29(35)36)32-28(34)27(38-2)16-31-30(37)39-19-25-23-14-8-6-12-21(23)22-13-7-9-15-24(22)25/h3-15,25-27H,16-19H2,1-2H3,(H,31,37)(H,32,34)(H,35,36). The van der Waals surface area contributed by atoms with Crippen LogP contribution < -0.4 is 10.6 Å². The van der Waals surface area contributed by atoms with E-state index in [1.165, 1.54) is 7.11 Å². The van der Waals surface area contributed by atoms with Crippen LogP contribution in [-0.4, -0.2) is 74.0 Å². The molecule has 0 bridgehead atoms. The van der Waals surface area contributed by atoms with Crippen LogP contribution in [0.5, 0.6) is 0 Å². The van der Waals surface area contributed by atoms with Crippen LogP contribution in [0.15, 0.2) is 78.9 Å². The number of rotatable bonds is 12. The van der Waals surface area contributed by atoms with Gasteiger partial charge in [0.05, 0.1) is 6.54 Å². The van der Waals surface area contributed by atoms with Crippen molar-refractivity contribution in [1.82, 2.24) is 15.5 Å². The van der Waals surface area contributed by atoms with Crippen LogP contribution in [0, 0.1) is 0 Å². The first-order chi connectivity index (χ1) is 18.9. The molecule has 0 spiro atoms. The molecule has 2 amide bonds. The summed E-state index contributed by atoms with van der Waals surface area (Å²) in [5, 5.41) is 14.7. The number of likely N-dealkylation sites (N-methyl/N-ethyl adjacent to an activating group) is 1. The molecule has 3 aromatic carbocycles. The minimum Gasteiger partial charge on any atom is -0.480 e. The molecule has 1 aliphatic carbocycles. The SMILES string of the molecule is COC(CNC(=O)OCC1c2ccccc2-c2ccccc21)C(=O)NC(CN(C)Cc1ccccc1)C(=O)O. The van der Waals surface area contributed by atoms with Gasteiger partial charge in [-0.2, -0.15) is 0 Å². The van der Waals surface area contributed by atoms with Gasteiger partial charge in [-0.1, -0.05) is 78.9 Å². The van der Waals surface area contributed by atoms with E-state index in [4.69, 9.17) is 9.47 Å². The molecule has 0 radical (unpaired) electrons. The highest BCUT2D eigenvalue weighted by atomic mass is 16.5. The highest BCUT2D eigenvalue weighted by Gasteiger charge is 2.30. The van der Waals surface area contributed by atoms with Crippen molar-refractivity contribution in [1.29, 1.82) is 0 Å². The molecule has 0 aromatic heterocycles. The number of nitrogens with zero attached hydrogens (tertiary/aromatic N) is 1. The van der Waals surface area contributed by atoms with Crippen molar-refractivity contribution in [2.45, 2.75) is 24.6 Å². The second kappa shape index (κ2) is 13.0. The lowest BCUT2D eigenvalue weighted by atomic mass is 9.98. The average Bonchev–Trinajstić information content (AvgIpc) is 3.26. The van der Waals surface area contributed by atoms with Crippen LogP contribution >= 0.6 is 0 Å². The molecule has 3 aromatic rings. The number of aliphatic carboxylic acids is 1. The summed E-state index contributed by atoms with van der Waals surface area (Å²) >= 11 is 0. The van der Waals surface area contributed by atoms with Crippen molar-refractivity contribution in [3.63, 3.8) is 0 Å². The van der Waals surface area contributed by atoms with Crippen molar-refractivity contribution in [3.05, 3.63) is 95.6 Å². The molecular formula is C30H33N3O6. The molecule has 3 N–H and O–H groups in total. The van der Waals surface area contributed by atoms with E-state index in [0.717, 1.165) is 27.8 Å².